The van der Waals surface area contributed by atoms with Crippen LogP contribution in [0.2, 0.25) is 0 Å². The first-order valence-electron chi connectivity index (χ1n) is 6.97. The van der Waals surface area contributed by atoms with E-state index in [0.29, 0.717) is 6.04 Å². The molecule has 5 nitrogen and oxygen atoms in total. The summed E-state index contributed by atoms with van der Waals surface area (Å²) in [5.74, 6) is 0.953. The minimum absolute atomic E-state index is 0.133. The Morgan fingerprint density at radius 1 is 1.45 bits per heavy atom. The van der Waals surface area contributed by atoms with E-state index in [2.05, 4.69) is 10.1 Å². The third kappa shape index (κ3) is 2.58. The lowest BCUT2D eigenvalue weighted by Crippen LogP contribution is -2.29. The molecule has 0 spiro atoms. The Balaban J connectivity index is 1.69. The maximum Gasteiger partial charge on any atom is 0.307 e. The Bertz CT molecular complexity index is 643. The highest BCUT2D eigenvalue weighted by Crippen LogP contribution is 2.31. The van der Waals surface area contributed by atoms with Crippen LogP contribution in [0, 0.1) is 13.8 Å². The van der Waals surface area contributed by atoms with Gasteiger partial charge >= 0.3 is 4.87 Å². The Hall–Kier alpha value is -1.40. The molecule has 0 aromatic carbocycles. The zero-order valence-electron chi connectivity index (χ0n) is 11.8. The van der Waals surface area contributed by atoms with Gasteiger partial charge in [0.1, 0.15) is 0 Å². The molecule has 1 fully saturated rings. The number of nitrogens with zero attached hydrogens (tertiary/aromatic N) is 3. The van der Waals surface area contributed by atoms with Gasteiger partial charge in [0.2, 0.25) is 0 Å². The van der Waals surface area contributed by atoms with Crippen molar-refractivity contribution in [3.8, 4) is 0 Å². The van der Waals surface area contributed by atoms with Crippen LogP contribution in [0.4, 0.5) is 0 Å². The zero-order valence-corrected chi connectivity index (χ0v) is 12.7. The van der Waals surface area contributed by atoms with Gasteiger partial charge in [-0.15, -0.1) is 0 Å². The molecule has 0 radical (unpaired) electrons. The predicted molar refractivity (Wildman–Crippen MR) is 78.1 cm³/mol. The van der Waals surface area contributed by atoms with Crippen molar-refractivity contribution in [2.45, 2.75) is 39.3 Å². The molecule has 3 rings (SSSR count). The van der Waals surface area contributed by atoms with Gasteiger partial charge < -0.3 is 9.09 Å². The summed E-state index contributed by atoms with van der Waals surface area (Å²) in [5, 5.41) is 5.90. The molecular formula is C14H19N3O2S. The van der Waals surface area contributed by atoms with Gasteiger partial charge in [-0.2, -0.15) is 0 Å². The van der Waals surface area contributed by atoms with E-state index < -0.39 is 0 Å². The lowest BCUT2D eigenvalue weighted by Gasteiger charge is -2.22. The van der Waals surface area contributed by atoms with Crippen LogP contribution in [0.1, 0.15) is 36.0 Å². The van der Waals surface area contributed by atoms with Crippen LogP contribution in [0.25, 0.3) is 0 Å². The quantitative estimate of drug-likeness (QED) is 0.868. The summed E-state index contributed by atoms with van der Waals surface area (Å²) in [4.78, 5) is 14.3. The minimum Gasteiger partial charge on any atom is -0.359 e. The summed E-state index contributed by atoms with van der Waals surface area (Å²) < 4.78 is 7.26. The highest BCUT2D eigenvalue weighted by Gasteiger charge is 2.28. The molecule has 3 heterocycles. The highest BCUT2D eigenvalue weighted by molar-refractivity contribution is 7.07. The first kappa shape index (κ1) is 13.6. The van der Waals surface area contributed by atoms with E-state index in [1.54, 1.807) is 0 Å². The van der Waals surface area contributed by atoms with Crippen molar-refractivity contribution in [2.75, 3.05) is 13.1 Å². The Morgan fingerprint density at radius 2 is 2.30 bits per heavy atom. The van der Waals surface area contributed by atoms with Crippen LogP contribution in [-0.2, 0) is 6.54 Å². The Morgan fingerprint density at radius 3 is 2.95 bits per heavy atom. The second-order valence-electron chi connectivity index (χ2n) is 5.36. The number of hydrogen-bond donors (Lipinski definition) is 0. The van der Waals surface area contributed by atoms with Crippen LogP contribution in [-0.4, -0.2) is 27.7 Å². The summed E-state index contributed by atoms with van der Waals surface area (Å²) in [6, 6.07) is 2.33. The van der Waals surface area contributed by atoms with Crippen molar-refractivity contribution in [2.24, 2.45) is 0 Å². The smallest absolute Gasteiger partial charge is 0.307 e. The fourth-order valence-electron chi connectivity index (χ4n) is 2.86. The monoisotopic (exact) mass is 293 g/mol. The Labute approximate surface area is 121 Å². The van der Waals surface area contributed by atoms with E-state index in [4.69, 9.17) is 4.52 Å². The number of aromatic nitrogens is 2. The van der Waals surface area contributed by atoms with E-state index in [9.17, 15) is 4.79 Å². The second-order valence-corrected chi connectivity index (χ2v) is 6.18. The minimum atomic E-state index is 0.133. The van der Waals surface area contributed by atoms with Gasteiger partial charge in [0.15, 0.2) is 5.76 Å². The standard InChI is InChI=1S/C14H19N3O2S/c1-10-8-13(19-15-10)12-4-3-5-16(12)6-7-17-11(2)9-20-14(17)18/h8-9,12H,3-7H2,1-2H3/t12-/m1/s1. The van der Waals surface area contributed by atoms with Crippen LogP contribution in [0.15, 0.2) is 20.8 Å². The van der Waals surface area contributed by atoms with E-state index in [1.807, 2.05) is 29.9 Å². The van der Waals surface area contributed by atoms with Crippen molar-refractivity contribution in [3.63, 3.8) is 0 Å². The lowest BCUT2D eigenvalue weighted by atomic mass is 10.1. The lowest BCUT2D eigenvalue weighted by molar-refractivity contribution is 0.206. The van der Waals surface area contributed by atoms with Crippen molar-refractivity contribution in [3.05, 3.63) is 38.3 Å². The van der Waals surface area contributed by atoms with E-state index in [-0.39, 0.29) is 4.87 Å². The molecule has 1 aliphatic rings. The molecule has 0 bridgehead atoms. The van der Waals surface area contributed by atoms with E-state index in [0.717, 1.165) is 43.2 Å². The van der Waals surface area contributed by atoms with Crippen LogP contribution >= 0.6 is 11.3 Å². The zero-order chi connectivity index (χ0) is 14.1. The average molecular weight is 293 g/mol. The van der Waals surface area contributed by atoms with Crippen LogP contribution in [0.5, 0.6) is 0 Å². The molecule has 0 N–H and O–H groups in total. The largest absolute Gasteiger partial charge is 0.359 e. The maximum absolute atomic E-state index is 11.7. The summed E-state index contributed by atoms with van der Waals surface area (Å²) in [7, 11) is 0. The maximum atomic E-state index is 11.7. The van der Waals surface area contributed by atoms with Gasteiger partial charge in [-0.05, 0) is 33.2 Å². The molecule has 1 aliphatic heterocycles. The van der Waals surface area contributed by atoms with Gasteiger partial charge in [0.05, 0.1) is 11.7 Å². The van der Waals surface area contributed by atoms with E-state index >= 15 is 0 Å². The van der Waals surface area contributed by atoms with E-state index in [1.165, 1.54) is 17.8 Å². The Kier molecular flexibility index (Phi) is 3.76. The van der Waals surface area contributed by atoms with Gasteiger partial charge in [-0.25, -0.2) is 0 Å². The fourth-order valence-corrected chi connectivity index (χ4v) is 3.62. The summed E-state index contributed by atoms with van der Waals surface area (Å²) in [5.41, 5.74) is 1.98. The van der Waals surface area contributed by atoms with Gasteiger partial charge in [-0.1, -0.05) is 16.5 Å². The van der Waals surface area contributed by atoms with Crippen molar-refractivity contribution in [1.82, 2.24) is 14.6 Å². The number of hydrogen-bond acceptors (Lipinski definition) is 5. The first-order valence-corrected chi connectivity index (χ1v) is 7.85. The van der Waals surface area contributed by atoms with Crippen molar-refractivity contribution in [1.29, 1.82) is 0 Å². The first-order chi connectivity index (χ1) is 9.65. The predicted octanol–water partition coefficient (Wildman–Crippen LogP) is 2.35. The van der Waals surface area contributed by atoms with Crippen LogP contribution < -0.4 is 4.87 Å². The molecule has 0 unspecified atom stereocenters. The van der Waals surface area contributed by atoms with Gasteiger partial charge in [0.25, 0.3) is 0 Å². The fraction of sp³-hybridized carbons (Fsp3) is 0.571. The van der Waals surface area contributed by atoms with Gasteiger partial charge in [-0.3, -0.25) is 9.69 Å². The normalized spacial score (nSPS) is 19.8. The summed E-state index contributed by atoms with van der Waals surface area (Å²) in [6.07, 6.45) is 2.27. The molecule has 2 aromatic heterocycles. The third-order valence-electron chi connectivity index (χ3n) is 3.93. The molecule has 1 atom stereocenters. The van der Waals surface area contributed by atoms with Crippen LogP contribution in [0.3, 0.4) is 0 Å². The molecule has 0 aliphatic carbocycles. The second kappa shape index (κ2) is 5.54. The number of rotatable bonds is 4. The summed E-state index contributed by atoms with van der Waals surface area (Å²) >= 11 is 1.27. The highest BCUT2D eigenvalue weighted by atomic mass is 32.1. The molecule has 0 saturated carbocycles. The van der Waals surface area contributed by atoms with Crippen molar-refractivity contribution < 1.29 is 4.52 Å². The van der Waals surface area contributed by atoms with Crippen molar-refractivity contribution >= 4 is 11.3 Å². The van der Waals surface area contributed by atoms with Gasteiger partial charge in [0, 0.05) is 30.2 Å². The number of likely N-dealkylation sites (tertiary alicyclic amines) is 1. The topological polar surface area (TPSA) is 51.3 Å². The number of thiazole rings is 1. The molecular weight excluding hydrogens is 274 g/mol. The molecule has 6 heteroatoms. The molecule has 2 aromatic rings. The summed E-state index contributed by atoms with van der Waals surface area (Å²) in [6.45, 7) is 6.61. The SMILES string of the molecule is Cc1cc([C@H]2CCCN2CCn2c(C)csc2=O)on1. The third-order valence-corrected chi connectivity index (χ3v) is 4.81. The molecule has 108 valence electrons. The average Bonchev–Trinajstić information content (AvgIpc) is 3.10. The molecule has 20 heavy (non-hydrogen) atoms. The molecule has 1 saturated heterocycles. The molecule has 0 amide bonds. The number of aryl methyl sites for hydroxylation is 2.